The van der Waals surface area contributed by atoms with Gasteiger partial charge in [0.2, 0.25) is 0 Å². The van der Waals surface area contributed by atoms with Gasteiger partial charge in [-0.1, -0.05) is 146 Å². The molecule has 6 heteroatoms. The van der Waals surface area contributed by atoms with Crippen molar-refractivity contribution in [3.8, 4) is 0 Å². The minimum Gasteiger partial charge on any atom is -0.445 e. The zero-order chi connectivity index (χ0) is 31.6. The van der Waals surface area contributed by atoms with Crippen LogP contribution in [-0.4, -0.2) is 21.4 Å². The Balaban J connectivity index is 1.27. The summed E-state index contributed by atoms with van der Waals surface area (Å²) in [6.45, 7) is 0. The molecule has 10 rings (SSSR count). The normalized spacial score (nSPS) is 13.9. The molecule has 3 nitrogen and oxygen atoms in total. The van der Waals surface area contributed by atoms with Gasteiger partial charge in [0, 0.05) is 0 Å². The summed E-state index contributed by atoms with van der Waals surface area (Å²) in [4.78, 5) is 0. The van der Waals surface area contributed by atoms with Gasteiger partial charge in [0.05, 0.1) is 0 Å². The van der Waals surface area contributed by atoms with Crippen LogP contribution in [0.1, 0.15) is 0 Å². The van der Waals surface area contributed by atoms with Crippen molar-refractivity contribution >= 4 is 102 Å². The van der Waals surface area contributed by atoms with Gasteiger partial charge in [-0.05, 0) is 99.2 Å². The number of rotatable bonds is 3. The fourth-order valence-corrected chi connectivity index (χ4v) is 7.75. The fraction of sp³-hybridized carbons (Fsp3) is 0. The molecular weight excluding hydrogens is 585 g/mol. The largest absolute Gasteiger partial charge is 0.468 e. The molecule has 0 aromatic heterocycles. The van der Waals surface area contributed by atoms with Gasteiger partial charge in [-0.25, -0.2) is 0 Å². The molecular formula is C42H27B3O3. The highest BCUT2D eigenvalue weighted by Gasteiger charge is 2.46. The van der Waals surface area contributed by atoms with E-state index in [4.69, 9.17) is 13.7 Å². The summed E-state index contributed by atoms with van der Waals surface area (Å²) in [6, 6.07) is 57.8. The summed E-state index contributed by atoms with van der Waals surface area (Å²) in [5, 5.41) is 13.5. The van der Waals surface area contributed by atoms with Crippen molar-refractivity contribution in [1.29, 1.82) is 0 Å². The average molecular weight is 612 g/mol. The van der Waals surface area contributed by atoms with Crippen LogP contribution in [0.4, 0.5) is 0 Å². The molecule has 0 aliphatic carbocycles. The second kappa shape index (κ2) is 11.1. The van der Waals surface area contributed by atoms with E-state index in [2.05, 4.69) is 164 Å². The second-order valence-corrected chi connectivity index (χ2v) is 12.6. The van der Waals surface area contributed by atoms with Crippen molar-refractivity contribution in [2.45, 2.75) is 0 Å². The molecule has 0 N–H and O–H groups in total. The van der Waals surface area contributed by atoms with Crippen molar-refractivity contribution in [2.75, 3.05) is 0 Å². The number of hydrogen-bond acceptors (Lipinski definition) is 3. The lowest BCUT2D eigenvalue weighted by molar-refractivity contribution is 0.310. The van der Waals surface area contributed by atoms with Gasteiger partial charge in [0.1, 0.15) is 0 Å². The van der Waals surface area contributed by atoms with Crippen LogP contribution in [0.15, 0.2) is 164 Å². The maximum atomic E-state index is 7.12. The summed E-state index contributed by atoms with van der Waals surface area (Å²) in [5.41, 5.74) is 3.03. The maximum absolute atomic E-state index is 7.12. The molecule has 9 aromatic carbocycles. The number of benzene rings is 9. The van der Waals surface area contributed by atoms with Crippen LogP contribution in [0.2, 0.25) is 0 Å². The highest BCUT2D eigenvalue weighted by molar-refractivity contribution is 6.91. The minimum absolute atomic E-state index is 0.722. The van der Waals surface area contributed by atoms with Crippen LogP contribution < -0.4 is 16.4 Å². The molecule has 0 bridgehead atoms. The molecule has 222 valence electrons. The van der Waals surface area contributed by atoms with Crippen LogP contribution in [0.25, 0.3) is 64.6 Å². The minimum atomic E-state index is -0.722. The monoisotopic (exact) mass is 612 g/mol. The smallest absolute Gasteiger partial charge is 0.445 e. The molecule has 48 heavy (non-hydrogen) atoms. The van der Waals surface area contributed by atoms with Crippen LogP contribution in [-0.2, 0) is 13.7 Å². The zero-order valence-corrected chi connectivity index (χ0v) is 26.0. The lowest BCUT2D eigenvalue weighted by Gasteiger charge is -2.34. The number of hydrogen-bond donors (Lipinski definition) is 0. The Morgan fingerprint density at radius 3 is 0.646 bits per heavy atom. The van der Waals surface area contributed by atoms with Gasteiger partial charge < -0.3 is 13.7 Å². The first-order chi connectivity index (χ1) is 23.8. The SMILES string of the molecule is c1ccc2c(B3OB(c4c5ccccc5cc5ccccc45)OB(c4c5ccccc5cc5ccccc45)O3)c3ccccc3cc2c1. The second-order valence-electron chi connectivity index (χ2n) is 12.6. The molecule has 0 spiro atoms. The molecule has 1 aliphatic heterocycles. The molecule has 1 aliphatic rings. The predicted octanol–water partition coefficient (Wildman–Crippen LogP) is 8.16. The Hall–Kier alpha value is -5.39. The van der Waals surface area contributed by atoms with E-state index < -0.39 is 21.4 Å². The van der Waals surface area contributed by atoms with Crippen LogP contribution in [0.5, 0.6) is 0 Å². The van der Waals surface area contributed by atoms with Gasteiger partial charge in [-0.15, -0.1) is 0 Å². The molecule has 0 saturated carbocycles. The van der Waals surface area contributed by atoms with Crippen molar-refractivity contribution in [2.24, 2.45) is 0 Å². The van der Waals surface area contributed by atoms with Crippen LogP contribution in [0, 0.1) is 0 Å². The van der Waals surface area contributed by atoms with E-state index in [1.165, 1.54) is 0 Å². The third-order valence-electron chi connectivity index (χ3n) is 9.89. The van der Waals surface area contributed by atoms with E-state index in [0.717, 1.165) is 81.0 Å². The molecule has 0 amide bonds. The Kier molecular flexibility index (Phi) is 6.41. The van der Waals surface area contributed by atoms with Gasteiger partial charge in [-0.3, -0.25) is 0 Å². The lowest BCUT2D eigenvalue weighted by Crippen LogP contribution is -2.62. The molecule has 0 unspecified atom stereocenters. The fourth-order valence-electron chi connectivity index (χ4n) is 7.75. The highest BCUT2D eigenvalue weighted by atomic mass is 16.7. The topological polar surface area (TPSA) is 27.7 Å². The summed E-state index contributed by atoms with van der Waals surface area (Å²) >= 11 is 0. The van der Waals surface area contributed by atoms with Gasteiger partial charge >= 0.3 is 21.4 Å². The van der Waals surface area contributed by atoms with E-state index >= 15 is 0 Å². The molecule has 1 heterocycles. The van der Waals surface area contributed by atoms with E-state index in [-0.39, 0.29) is 0 Å². The first-order valence-corrected chi connectivity index (χ1v) is 16.5. The summed E-state index contributed by atoms with van der Waals surface area (Å²) < 4.78 is 21.4. The third-order valence-corrected chi connectivity index (χ3v) is 9.89. The first-order valence-electron chi connectivity index (χ1n) is 16.5. The van der Waals surface area contributed by atoms with E-state index in [1.54, 1.807) is 0 Å². The lowest BCUT2D eigenvalue weighted by atomic mass is 9.58. The van der Waals surface area contributed by atoms with E-state index in [1.807, 2.05) is 0 Å². The molecule has 9 aromatic rings. The zero-order valence-electron chi connectivity index (χ0n) is 26.0. The van der Waals surface area contributed by atoms with E-state index in [9.17, 15) is 0 Å². The van der Waals surface area contributed by atoms with Gasteiger partial charge in [-0.2, -0.15) is 0 Å². The average Bonchev–Trinajstić information content (AvgIpc) is 3.14. The molecule has 1 fully saturated rings. The Morgan fingerprint density at radius 2 is 0.438 bits per heavy atom. The Morgan fingerprint density at radius 1 is 0.250 bits per heavy atom. The summed E-state index contributed by atoms with van der Waals surface area (Å²) in [6.07, 6.45) is 0. The van der Waals surface area contributed by atoms with Crippen molar-refractivity contribution in [1.82, 2.24) is 0 Å². The molecule has 1 saturated heterocycles. The Bertz CT molecular complexity index is 2240. The highest BCUT2D eigenvalue weighted by Crippen LogP contribution is 2.29. The predicted molar refractivity (Wildman–Crippen MR) is 204 cm³/mol. The third kappa shape index (κ3) is 4.38. The standard InChI is InChI=1S/C42H27B3O3/c1-7-19-34-28(13-1)25-29-14-2-8-20-35(29)40(34)43-46-44(41-36-21-9-3-15-30(36)26-31-16-4-10-22-37(31)41)48-45(47-43)42-38-23-11-5-17-32(38)27-33-18-6-12-24-39(33)42/h1-27H. The molecule has 0 radical (unpaired) electrons. The van der Waals surface area contributed by atoms with Crippen molar-refractivity contribution in [3.63, 3.8) is 0 Å². The van der Waals surface area contributed by atoms with E-state index in [0.29, 0.717) is 0 Å². The van der Waals surface area contributed by atoms with Gasteiger partial charge in [0.15, 0.2) is 0 Å². The van der Waals surface area contributed by atoms with Crippen molar-refractivity contribution < 1.29 is 13.7 Å². The number of fused-ring (bicyclic) bond motifs is 6. The quantitative estimate of drug-likeness (QED) is 0.149. The van der Waals surface area contributed by atoms with Crippen molar-refractivity contribution in [3.05, 3.63) is 164 Å². The van der Waals surface area contributed by atoms with Crippen LogP contribution in [0.3, 0.4) is 0 Å². The van der Waals surface area contributed by atoms with Crippen LogP contribution >= 0.6 is 0 Å². The summed E-state index contributed by atoms with van der Waals surface area (Å²) in [7, 11) is -2.17. The first kappa shape index (κ1) is 27.7. The molecule has 0 atom stereocenters. The summed E-state index contributed by atoms with van der Waals surface area (Å²) in [5.74, 6) is 0. The maximum Gasteiger partial charge on any atom is 0.468 e. The Labute approximate surface area is 279 Å². The van der Waals surface area contributed by atoms with Gasteiger partial charge in [0.25, 0.3) is 0 Å².